The number of nitrogens with one attached hydrogen (secondary N) is 1. The molecule has 0 aliphatic carbocycles. The minimum Gasteiger partial charge on any atom is -0.301 e. The van der Waals surface area contributed by atoms with Gasteiger partial charge in [0, 0.05) is 6.07 Å². The molecule has 0 radical (unpaired) electrons. The Morgan fingerprint density at radius 1 is 1.61 bits per heavy atom. The third kappa shape index (κ3) is 5.71. The Bertz CT molecular complexity index is 447. The fraction of sp³-hybridized carbons (Fsp3) is 0.333. The molecule has 1 heterocycles. The Morgan fingerprint density at radius 3 is 2.78 bits per heavy atom. The molecule has 0 saturated carbocycles. The Kier molecular flexibility index (Phi) is 7.10. The van der Waals surface area contributed by atoms with E-state index in [0.717, 1.165) is 11.3 Å². The van der Waals surface area contributed by atoms with Gasteiger partial charge in [0.15, 0.2) is 0 Å². The first-order chi connectivity index (χ1) is 7.99. The number of hydrazone groups is 1. The highest BCUT2D eigenvalue weighted by molar-refractivity contribution is 7.16. The summed E-state index contributed by atoms with van der Waals surface area (Å²) in [5.74, 6) is -0.239. The zero-order valence-electron chi connectivity index (χ0n) is 9.82. The Hall–Kier alpha value is -1.51. The van der Waals surface area contributed by atoms with Crippen LogP contribution in [0.2, 0.25) is 0 Å². The number of nitrogens with zero attached hydrogens (tertiary/aromatic N) is 3. The van der Waals surface area contributed by atoms with Crippen molar-refractivity contribution in [2.24, 2.45) is 5.10 Å². The average molecular weight is 293 g/mol. The van der Waals surface area contributed by atoms with Crippen LogP contribution in [0.1, 0.15) is 4.88 Å². The van der Waals surface area contributed by atoms with E-state index in [1.165, 1.54) is 12.3 Å². The van der Waals surface area contributed by atoms with Gasteiger partial charge in [0.05, 0.1) is 22.6 Å². The molecule has 1 aromatic heterocycles. The second-order valence-electron chi connectivity index (χ2n) is 3.46. The molecular formula is C9H13ClN4O3S. The fourth-order valence-electron chi connectivity index (χ4n) is 1.00. The summed E-state index contributed by atoms with van der Waals surface area (Å²) < 4.78 is 0. The van der Waals surface area contributed by atoms with Gasteiger partial charge in [0.2, 0.25) is 0 Å². The molecular weight excluding hydrogens is 280 g/mol. The number of amides is 1. The molecule has 1 N–H and O–H groups in total. The van der Waals surface area contributed by atoms with Crippen LogP contribution in [-0.4, -0.2) is 42.6 Å². The highest BCUT2D eigenvalue weighted by Gasteiger charge is 2.08. The summed E-state index contributed by atoms with van der Waals surface area (Å²) in [6, 6.07) is 2.97. The van der Waals surface area contributed by atoms with Crippen LogP contribution in [0.3, 0.4) is 0 Å². The maximum Gasteiger partial charge on any atom is 0.324 e. The quantitative estimate of drug-likeness (QED) is 0.500. The third-order valence-electron chi connectivity index (χ3n) is 1.63. The predicted octanol–water partition coefficient (Wildman–Crippen LogP) is 1.09. The van der Waals surface area contributed by atoms with E-state index in [2.05, 4.69) is 10.5 Å². The number of hydrogen-bond acceptors (Lipinski definition) is 6. The van der Waals surface area contributed by atoms with Crippen molar-refractivity contribution < 1.29 is 9.72 Å². The molecule has 0 aromatic carbocycles. The van der Waals surface area contributed by atoms with E-state index in [0.29, 0.717) is 4.88 Å². The smallest absolute Gasteiger partial charge is 0.301 e. The minimum absolute atomic E-state index is 0. The number of carbonyl (C=O) groups is 1. The molecule has 1 rings (SSSR count). The van der Waals surface area contributed by atoms with Crippen molar-refractivity contribution in [3.63, 3.8) is 0 Å². The van der Waals surface area contributed by atoms with Crippen LogP contribution < -0.4 is 5.43 Å². The number of nitro groups is 1. The number of thiophene rings is 1. The van der Waals surface area contributed by atoms with Crippen LogP contribution in [0.25, 0.3) is 0 Å². The number of rotatable bonds is 5. The number of halogens is 1. The minimum atomic E-state index is -0.466. The molecule has 0 unspecified atom stereocenters. The molecule has 0 bridgehead atoms. The molecule has 0 aliphatic rings. The lowest BCUT2D eigenvalue weighted by atomic mass is 10.5. The van der Waals surface area contributed by atoms with Crippen LogP contribution >= 0.6 is 23.7 Å². The molecule has 1 amide bonds. The SMILES string of the molecule is CN(C)CC(=O)N/N=C\c1ccc([N+](=O)[O-])s1.Cl. The number of likely N-dealkylation sites (N-methyl/N-ethyl adjacent to an activating group) is 1. The van der Waals surface area contributed by atoms with Crippen molar-refractivity contribution in [1.29, 1.82) is 0 Å². The van der Waals surface area contributed by atoms with Gasteiger partial charge >= 0.3 is 5.00 Å². The average Bonchev–Trinajstić information content (AvgIpc) is 2.65. The summed E-state index contributed by atoms with van der Waals surface area (Å²) >= 11 is 0.996. The van der Waals surface area contributed by atoms with Gasteiger partial charge in [-0.3, -0.25) is 14.9 Å². The standard InChI is InChI=1S/C9H12N4O3S.ClH/c1-12(2)6-8(14)11-10-5-7-3-4-9(17-7)13(15)16;/h3-5H,6H2,1-2H3,(H,11,14);1H/b10-5-;. The van der Waals surface area contributed by atoms with Gasteiger partial charge in [-0.25, -0.2) is 5.43 Å². The van der Waals surface area contributed by atoms with Crippen LogP contribution in [0.5, 0.6) is 0 Å². The second kappa shape index (κ2) is 7.75. The van der Waals surface area contributed by atoms with E-state index in [-0.39, 0.29) is 29.9 Å². The summed E-state index contributed by atoms with van der Waals surface area (Å²) in [6.45, 7) is 0.238. The third-order valence-corrected chi connectivity index (χ3v) is 2.60. The van der Waals surface area contributed by atoms with Crippen molar-refractivity contribution in [3.05, 3.63) is 27.1 Å². The van der Waals surface area contributed by atoms with E-state index >= 15 is 0 Å². The van der Waals surface area contributed by atoms with Crippen LogP contribution in [0.4, 0.5) is 5.00 Å². The highest BCUT2D eigenvalue weighted by atomic mass is 35.5. The fourth-order valence-corrected chi connectivity index (χ4v) is 1.69. The molecule has 1 aromatic rings. The molecule has 0 atom stereocenters. The second-order valence-corrected chi connectivity index (χ2v) is 4.56. The molecule has 0 fully saturated rings. The monoisotopic (exact) mass is 292 g/mol. The van der Waals surface area contributed by atoms with Crippen molar-refractivity contribution in [2.45, 2.75) is 0 Å². The van der Waals surface area contributed by atoms with E-state index in [9.17, 15) is 14.9 Å². The van der Waals surface area contributed by atoms with Gasteiger partial charge in [0.25, 0.3) is 5.91 Å². The maximum atomic E-state index is 11.2. The topological polar surface area (TPSA) is 87.8 Å². The summed E-state index contributed by atoms with van der Waals surface area (Å²) in [4.78, 5) is 23.5. The van der Waals surface area contributed by atoms with Gasteiger partial charge in [-0.2, -0.15) is 5.10 Å². The molecule has 0 saturated heterocycles. The normalized spacial score (nSPS) is 10.4. The van der Waals surface area contributed by atoms with Crippen LogP contribution in [-0.2, 0) is 4.79 Å². The Balaban J connectivity index is 0.00000289. The summed E-state index contributed by atoms with van der Waals surface area (Å²) in [5.41, 5.74) is 2.33. The number of carbonyl (C=O) groups excluding carboxylic acids is 1. The molecule has 100 valence electrons. The molecule has 7 nitrogen and oxygen atoms in total. The summed E-state index contributed by atoms with van der Waals surface area (Å²) in [7, 11) is 3.54. The lowest BCUT2D eigenvalue weighted by Crippen LogP contribution is -2.30. The van der Waals surface area contributed by atoms with Crippen molar-refractivity contribution in [1.82, 2.24) is 10.3 Å². The van der Waals surface area contributed by atoms with Gasteiger partial charge in [-0.15, -0.1) is 12.4 Å². The van der Waals surface area contributed by atoms with E-state index in [1.54, 1.807) is 25.1 Å². The number of hydrogen-bond donors (Lipinski definition) is 1. The largest absolute Gasteiger partial charge is 0.324 e. The van der Waals surface area contributed by atoms with Gasteiger partial charge in [-0.05, 0) is 20.2 Å². The van der Waals surface area contributed by atoms with Gasteiger partial charge < -0.3 is 4.90 Å². The van der Waals surface area contributed by atoms with E-state index < -0.39 is 4.92 Å². The van der Waals surface area contributed by atoms with Crippen LogP contribution in [0.15, 0.2) is 17.2 Å². The van der Waals surface area contributed by atoms with Gasteiger partial charge in [0.1, 0.15) is 0 Å². The molecule has 0 aliphatic heterocycles. The van der Waals surface area contributed by atoms with Crippen molar-refractivity contribution in [2.75, 3.05) is 20.6 Å². The first-order valence-electron chi connectivity index (χ1n) is 4.70. The highest BCUT2D eigenvalue weighted by Crippen LogP contribution is 2.22. The maximum absolute atomic E-state index is 11.2. The van der Waals surface area contributed by atoms with Crippen molar-refractivity contribution in [3.8, 4) is 0 Å². The van der Waals surface area contributed by atoms with Crippen molar-refractivity contribution >= 4 is 40.9 Å². The summed E-state index contributed by atoms with van der Waals surface area (Å²) in [6.07, 6.45) is 1.38. The first kappa shape index (κ1) is 16.5. The Morgan fingerprint density at radius 2 is 2.28 bits per heavy atom. The molecule has 18 heavy (non-hydrogen) atoms. The predicted molar refractivity (Wildman–Crippen MR) is 72.5 cm³/mol. The Labute approximate surface area is 114 Å². The lowest BCUT2D eigenvalue weighted by Gasteiger charge is -2.06. The molecule has 9 heteroatoms. The zero-order chi connectivity index (χ0) is 12.8. The van der Waals surface area contributed by atoms with E-state index in [4.69, 9.17) is 0 Å². The summed E-state index contributed by atoms with van der Waals surface area (Å²) in [5, 5.41) is 14.2. The first-order valence-corrected chi connectivity index (χ1v) is 5.51. The molecule has 0 spiro atoms. The lowest BCUT2D eigenvalue weighted by molar-refractivity contribution is -0.380. The zero-order valence-corrected chi connectivity index (χ0v) is 11.5. The van der Waals surface area contributed by atoms with Crippen LogP contribution in [0, 0.1) is 10.1 Å². The van der Waals surface area contributed by atoms with E-state index in [1.807, 2.05) is 0 Å². The van der Waals surface area contributed by atoms with Gasteiger partial charge in [-0.1, -0.05) is 11.3 Å².